The van der Waals surface area contributed by atoms with E-state index < -0.39 is 68.3 Å². The molecule has 15 heteroatoms. The summed E-state index contributed by atoms with van der Waals surface area (Å²) in [5, 5.41) is 11.1. The number of hydrogen-bond acceptors (Lipinski definition) is 9. The first-order valence-corrected chi connectivity index (χ1v) is 13.2. The number of aromatic nitrogens is 2. The van der Waals surface area contributed by atoms with Crippen LogP contribution >= 0.6 is 19.8 Å². The van der Waals surface area contributed by atoms with Gasteiger partial charge in [0.25, 0.3) is 5.56 Å². The zero-order chi connectivity index (χ0) is 28.2. The van der Waals surface area contributed by atoms with Crippen LogP contribution in [0.25, 0.3) is 0 Å². The van der Waals surface area contributed by atoms with Crippen molar-refractivity contribution in [2.45, 2.75) is 70.4 Å². The molecule has 2 heterocycles. The summed E-state index contributed by atoms with van der Waals surface area (Å²) in [6.07, 6.45) is -4.12. The molecule has 2 aromatic rings. The molecular formula is C23H29ClFN3O9P+. The number of H-pyrrole nitrogens is 1. The molecule has 2 N–H and O–H groups in total. The smallest absolute Gasteiger partial charge is 0.462 e. The Morgan fingerprint density at radius 2 is 1.97 bits per heavy atom. The molecule has 1 aliphatic rings. The van der Waals surface area contributed by atoms with Gasteiger partial charge in [-0.15, -0.1) is 0 Å². The molecule has 0 bridgehead atoms. The summed E-state index contributed by atoms with van der Waals surface area (Å²) >= 11 is 5.87. The molecule has 38 heavy (non-hydrogen) atoms. The third-order valence-corrected chi connectivity index (χ3v) is 6.96. The molecule has 1 aliphatic heterocycles. The van der Waals surface area contributed by atoms with Gasteiger partial charge in [-0.05, 0) is 51.5 Å². The Kier molecular flexibility index (Phi) is 9.80. The van der Waals surface area contributed by atoms with Crippen LogP contribution in [0.4, 0.5) is 4.39 Å². The highest BCUT2D eigenvalue weighted by atomic mass is 35.5. The van der Waals surface area contributed by atoms with E-state index >= 15 is 4.39 Å². The number of esters is 1. The van der Waals surface area contributed by atoms with Crippen LogP contribution in [0.15, 0.2) is 46.1 Å². The van der Waals surface area contributed by atoms with Gasteiger partial charge in [0.1, 0.15) is 18.8 Å². The Bertz CT molecular complexity index is 1250. The second kappa shape index (κ2) is 12.5. The van der Waals surface area contributed by atoms with Gasteiger partial charge in [0.2, 0.25) is 0 Å². The zero-order valence-electron chi connectivity index (χ0n) is 21.1. The topological polar surface area (TPSA) is 149 Å². The normalized spacial score (nSPS) is 24.4. The summed E-state index contributed by atoms with van der Waals surface area (Å²) in [5.41, 5.74) is -4.11. The fourth-order valence-corrected chi connectivity index (χ4v) is 4.87. The number of carbonyl (C=O) groups is 1. The number of nitrogens with zero attached hydrogens (tertiary/aromatic N) is 2. The van der Waals surface area contributed by atoms with Crippen molar-refractivity contribution >= 4 is 25.7 Å². The average Bonchev–Trinajstić information content (AvgIpc) is 3.06. The number of benzene rings is 1. The molecule has 208 valence electrons. The van der Waals surface area contributed by atoms with Crippen LogP contribution < -0.4 is 15.8 Å². The molecule has 0 spiro atoms. The summed E-state index contributed by atoms with van der Waals surface area (Å²) < 4.78 is 45.8. The zero-order valence-corrected chi connectivity index (χ0v) is 22.7. The van der Waals surface area contributed by atoms with Crippen molar-refractivity contribution in [2.75, 3.05) is 6.61 Å². The van der Waals surface area contributed by atoms with Gasteiger partial charge < -0.3 is 14.6 Å². The van der Waals surface area contributed by atoms with E-state index in [0.717, 1.165) is 28.6 Å². The predicted molar refractivity (Wildman–Crippen MR) is 134 cm³/mol. The van der Waals surface area contributed by atoms with Crippen LogP contribution in [0.2, 0.25) is 5.02 Å². The number of aliphatic hydroxyl groups is 1. The lowest BCUT2D eigenvalue weighted by atomic mass is 9.98. The highest BCUT2D eigenvalue weighted by Crippen LogP contribution is 2.42. The molecule has 1 fully saturated rings. The number of ether oxygens (including phenoxy) is 2. The number of hydrogen-bond donors (Lipinski definition) is 2. The number of halogens is 2. The van der Waals surface area contributed by atoms with Crippen molar-refractivity contribution < 1.29 is 37.7 Å². The van der Waals surface area contributed by atoms with E-state index in [4.69, 9.17) is 30.4 Å². The maximum atomic E-state index is 15.5. The predicted octanol–water partition coefficient (Wildman–Crippen LogP) is 2.88. The van der Waals surface area contributed by atoms with Crippen LogP contribution in [0.5, 0.6) is 5.75 Å². The van der Waals surface area contributed by atoms with Gasteiger partial charge in [-0.2, -0.15) is 0 Å². The molecule has 1 aromatic heterocycles. The number of alkyl halides is 1. The van der Waals surface area contributed by atoms with Crippen molar-refractivity contribution in [1.29, 1.82) is 0 Å². The van der Waals surface area contributed by atoms with E-state index in [2.05, 4.69) is 0 Å². The van der Waals surface area contributed by atoms with E-state index in [1.54, 1.807) is 20.8 Å². The first kappa shape index (κ1) is 29.9. The van der Waals surface area contributed by atoms with Crippen molar-refractivity contribution in [3.63, 3.8) is 0 Å². The Balaban J connectivity index is 1.83. The Morgan fingerprint density at radius 1 is 1.32 bits per heavy atom. The van der Waals surface area contributed by atoms with Crippen LogP contribution in [-0.2, 0) is 23.7 Å². The molecule has 12 nitrogen and oxygen atoms in total. The van der Waals surface area contributed by atoms with E-state index in [-0.39, 0.29) is 12.2 Å². The lowest BCUT2D eigenvalue weighted by Crippen LogP contribution is -2.45. The quantitative estimate of drug-likeness (QED) is 0.232. The molecule has 2 unspecified atom stereocenters. The standard InChI is InChI=1S/C23H28ClFN3O9P/c1-5-16(20(31)35-13(2)3)28(38(33)37-15-8-6-14(24)7-9-15)34-12-17-19(30)23(4,25)21(36-17)27-11-10-18(29)26-22(27)32/h6-11,13,16-17,19,21,30H,5,12H2,1-4H3/p+1/t16?,17-,19-,21-,23-/m1/s1. The van der Waals surface area contributed by atoms with Crippen LogP contribution in [0.3, 0.4) is 0 Å². The van der Waals surface area contributed by atoms with Gasteiger partial charge in [-0.3, -0.25) is 24.0 Å². The summed E-state index contributed by atoms with van der Waals surface area (Å²) in [5.74, 6) is -0.575. The number of aliphatic hydroxyl groups excluding tert-OH is 1. The van der Waals surface area contributed by atoms with Crippen molar-refractivity contribution in [2.24, 2.45) is 0 Å². The molecule has 6 atom stereocenters. The minimum Gasteiger partial charge on any atom is -0.462 e. The monoisotopic (exact) mass is 576 g/mol. The largest absolute Gasteiger partial charge is 0.693 e. The fraction of sp³-hybridized carbons (Fsp3) is 0.522. The lowest BCUT2D eigenvalue weighted by Gasteiger charge is -2.24. The van der Waals surface area contributed by atoms with Gasteiger partial charge in [-0.1, -0.05) is 18.5 Å². The minimum atomic E-state index is -2.86. The van der Waals surface area contributed by atoms with E-state index in [1.807, 2.05) is 4.98 Å². The second-order valence-corrected chi connectivity index (χ2v) is 10.4. The Morgan fingerprint density at radius 3 is 2.55 bits per heavy atom. The van der Waals surface area contributed by atoms with Gasteiger partial charge in [0.15, 0.2) is 23.7 Å². The second-order valence-electron chi connectivity index (χ2n) is 8.93. The van der Waals surface area contributed by atoms with Crippen molar-refractivity contribution in [3.05, 3.63) is 62.4 Å². The summed E-state index contributed by atoms with van der Waals surface area (Å²) in [6, 6.07) is 5.77. The van der Waals surface area contributed by atoms with Gasteiger partial charge in [0.05, 0.1) is 10.9 Å². The number of carbonyl (C=O) groups excluding carboxylic acids is 1. The average molecular weight is 577 g/mol. The SMILES string of the molecule is CCC(C(=O)OC(C)C)N(OC[C@H]1O[C@@H](n2ccc(=O)[nH]c2=O)[C@](C)(F)[C@@H]1O)[P+](=O)Oc1ccc(Cl)cc1. The molecule has 0 radical (unpaired) electrons. The molecular weight excluding hydrogens is 548 g/mol. The highest BCUT2D eigenvalue weighted by molar-refractivity contribution is 7.36. The Labute approximate surface area is 223 Å². The third-order valence-electron chi connectivity index (χ3n) is 5.63. The molecule has 1 aromatic carbocycles. The van der Waals surface area contributed by atoms with Crippen LogP contribution in [0.1, 0.15) is 40.3 Å². The third kappa shape index (κ3) is 6.85. The number of rotatable bonds is 11. The molecule has 0 amide bonds. The molecule has 0 saturated carbocycles. The van der Waals surface area contributed by atoms with E-state index in [9.17, 15) is 24.1 Å². The van der Waals surface area contributed by atoms with Crippen LogP contribution in [0, 0.1) is 0 Å². The minimum absolute atomic E-state index is 0.0981. The van der Waals surface area contributed by atoms with E-state index in [1.165, 1.54) is 24.3 Å². The maximum absolute atomic E-state index is 15.5. The lowest BCUT2D eigenvalue weighted by molar-refractivity contribution is -0.185. The van der Waals surface area contributed by atoms with Gasteiger partial charge in [0, 0.05) is 21.9 Å². The van der Waals surface area contributed by atoms with Crippen molar-refractivity contribution in [3.8, 4) is 5.75 Å². The number of aromatic amines is 1. The number of nitrogens with one attached hydrogen (secondary N) is 1. The van der Waals surface area contributed by atoms with Gasteiger partial charge >= 0.3 is 19.8 Å². The summed E-state index contributed by atoms with van der Waals surface area (Å²) in [7, 11) is -2.86. The Hall–Kier alpha value is -2.67. The summed E-state index contributed by atoms with van der Waals surface area (Å²) in [4.78, 5) is 44.7. The highest BCUT2D eigenvalue weighted by Gasteiger charge is 2.56. The maximum Gasteiger partial charge on any atom is 0.693 e. The molecule has 0 aliphatic carbocycles. The molecule has 3 rings (SSSR count). The van der Waals surface area contributed by atoms with Crippen molar-refractivity contribution in [1.82, 2.24) is 14.4 Å². The first-order chi connectivity index (χ1) is 17.8. The van der Waals surface area contributed by atoms with Crippen LogP contribution in [-0.4, -0.2) is 62.1 Å². The van der Waals surface area contributed by atoms with Gasteiger partial charge in [-0.25, -0.2) is 13.7 Å². The first-order valence-electron chi connectivity index (χ1n) is 11.7. The number of hydroxylamine groups is 1. The van der Waals surface area contributed by atoms with E-state index in [0.29, 0.717) is 5.02 Å². The summed E-state index contributed by atoms with van der Waals surface area (Å²) in [6.45, 7) is 5.36. The molecule has 1 saturated heterocycles. The fourth-order valence-electron chi connectivity index (χ4n) is 3.71.